The minimum atomic E-state index is 0.445. The molecule has 0 heterocycles. The zero-order chi connectivity index (χ0) is 13.2. The number of hydrogen-bond donors (Lipinski definition) is 1. The Hall–Kier alpha value is -0.0800. The van der Waals surface area contributed by atoms with Crippen LogP contribution in [0.2, 0.25) is 0 Å². The van der Waals surface area contributed by atoms with E-state index in [2.05, 4.69) is 25.7 Å². The van der Waals surface area contributed by atoms with E-state index in [1.165, 1.54) is 58.0 Å². The molecule has 2 heteroatoms. The Labute approximate surface area is 113 Å². The summed E-state index contributed by atoms with van der Waals surface area (Å²) in [6.07, 6.45) is 9.37. The lowest BCUT2D eigenvalue weighted by Gasteiger charge is -2.41. The van der Waals surface area contributed by atoms with Crippen LogP contribution in [0.15, 0.2) is 0 Å². The van der Waals surface area contributed by atoms with Gasteiger partial charge in [-0.2, -0.15) is 0 Å². The van der Waals surface area contributed by atoms with Gasteiger partial charge in [-0.25, -0.2) is 0 Å². The zero-order valence-electron chi connectivity index (χ0n) is 12.6. The van der Waals surface area contributed by atoms with Crippen LogP contribution in [0.4, 0.5) is 0 Å². The molecule has 0 radical (unpaired) electrons. The van der Waals surface area contributed by atoms with Crippen molar-refractivity contribution < 1.29 is 0 Å². The molecule has 0 bridgehead atoms. The van der Waals surface area contributed by atoms with Crippen molar-refractivity contribution in [3.63, 3.8) is 0 Å². The first-order valence-corrected chi connectivity index (χ1v) is 8.01. The molecule has 0 aromatic carbocycles. The van der Waals surface area contributed by atoms with Crippen molar-refractivity contribution in [2.75, 3.05) is 13.1 Å². The highest BCUT2D eigenvalue weighted by molar-refractivity contribution is 4.92. The highest BCUT2D eigenvalue weighted by Crippen LogP contribution is 2.39. The molecule has 18 heavy (non-hydrogen) atoms. The average molecular weight is 252 g/mol. The molecule has 0 aromatic rings. The molecule has 2 N–H and O–H groups in total. The van der Waals surface area contributed by atoms with E-state index in [1.807, 2.05) is 0 Å². The fraction of sp³-hybridized carbons (Fsp3) is 1.00. The average Bonchev–Trinajstić information content (AvgIpc) is 3.12. The smallest absolute Gasteiger partial charge is 0.00965 e. The summed E-state index contributed by atoms with van der Waals surface area (Å²) in [4.78, 5) is 2.75. The molecular weight excluding hydrogens is 220 g/mol. The molecule has 2 rings (SSSR count). The first-order valence-electron chi connectivity index (χ1n) is 8.01. The molecule has 2 fully saturated rings. The summed E-state index contributed by atoms with van der Waals surface area (Å²) in [6.45, 7) is 9.68. The second-order valence-corrected chi connectivity index (χ2v) is 7.41. The van der Waals surface area contributed by atoms with Gasteiger partial charge in [0, 0.05) is 18.6 Å². The van der Waals surface area contributed by atoms with Crippen molar-refractivity contribution in [2.45, 2.75) is 77.8 Å². The van der Waals surface area contributed by atoms with Crippen LogP contribution in [0, 0.1) is 11.3 Å². The largest absolute Gasteiger partial charge is 0.327 e. The van der Waals surface area contributed by atoms with Crippen LogP contribution in [0.3, 0.4) is 0 Å². The molecule has 2 aliphatic carbocycles. The van der Waals surface area contributed by atoms with Gasteiger partial charge in [-0.3, -0.25) is 0 Å². The molecular formula is C16H32N2. The van der Waals surface area contributed by atoms with Gasteiger partial charge in [-0.05, 0) is 56.4 Å². The number of nitrogens with two attached hydrogens (primary N) is 1. The molecule has 2 nitrogen and oxygen atoms in total. The fourth-order valence-corrected chi connectivity index (χ4v) is 3.48. The van der Waals surface area contributed by atoms with Crippen molar-refractivity contribution in [3.8, 4) is 0 Å². The number of hydrogen-bond acceptors (Lipinski definition) is 2. The summed E-state index contributed by atoms with van der Waals surface area (Å²) in [5.41, 5.74) is 6.89. The normalized spacial score (nSPS) is 31.8. The van der Waals surface area contributed by atoms with Gasteiger partial charge in [-0.1, -0.05) is 27.2 Å². The third-order valence-electron chi connectivity index (χ3n) is 4.91. The van der Waals surface area contributed by atoms with Gasteiger partial charge in [0.05, 0.1) is 0 Å². The zero-order valence-corrected chi connectivity index (χ0v) is 12.6. The molecule has 2 saturated carbocycles. The molecule has 0 aromatic heterocycles. The standard InChI is InChI=1S/C16H32N2/c1-4-5-10-18(14-6-7-14)12-13-11-16(2,3)9-8-15(13)17/h13-15H,4-12,17H2,1-3H3. The monoisotopic (exact) mass is 252 g/mol. The summed E-state index contributed by atoms with van der Waals surface area (Å²) in [5.74, 6) is 0.728. The number of unbranched alkanes of at least 4 members (excludes halogenated alkanes) is 1. The van der Waals surface area contributed by atoms with E-state index in [9.17, 15) is 0 Å². The highest BCUT2D eigenvalue weighted by Gasteiger charge is 2.36. The minimum Gasteiger partial charge on any atom is -0.327 e. The molecule has 2 aliphatic rings. The molecule has 2 unspecified atom stereocenters. The summed E-state index contributed by atoms with van der Waals surface area (Å²) >= 11 is 0. The number of nitrogens with zero attached hydrogens (tertiary/aromatic N) is 1. The van der Waals surface area contributed by atoms with Crippen LogP contribution in [0.1, 0.15) is 65.7 Å². The van der Waals surface area contributed by atoms with E-state index in [-0.39, 0.29) is 0 Å². The van der Waals surface area contributed by atoms with Gasteiger partial charge < -0.3 is 10.6 Å². The summed E-state index contributed by atoms with van der Waals surface area (Å²) in [6, 6.07) is 1.34. The minimum absolute atomic E-state index is 0.445. The Morgan fingerprint density at radius 3 is 2.56 bits per heavy atom. The first kappa shape index (κ1) is 14.3. The van der Waals surface area contributed by atoms with Gasteiger partial charge in [0.1, 0.15) is 0 Å². The maximum absolute atomic E-state index is 6.37. The maximum Gasteiger partial charge on any atom is 0.00965 e. The third kappa shape index (κ3) is 3.96. The van der Waals surface area contributed by atoms with E-state index in [0.29, 0.717) is 11.5 Å². The van der Waals surface area contributed by atoms with E-state index in [1.54, 1.807) is 0 Å². The third-order valence-corrected chi connectivity index (χ3v) is 4.91. The lowest BCUT2D eigenvalue weighted by Crippen LogP contribution is -2.45. The molecule has 0 saturated heterocycles. The summed E-state index contributed by atoms with van der Waals surface area (Å²) in [7, 11) is 0. The molecule has 0 amide bonds. The second-order valence-electron chi connectivity index (χ2n) is 7.41. The van der Waals surface area contributed by atoms with Crippen LogP contribution in [0.5, 0.6) is 0 Å². The highest BCUT2D eigenvalue weighted by atomic mass is 15.2. The summed E-state index contributed by atoms with van der Waals surface area (Å²) in [5, 5.41) is 0. The van der Waals surface area contributed by atoms with Crippen LogP contribution in [-0.2, 0) is 0 Å². The van der Waals surface area contributed by atoms with E-state index >= 15 is 0 Å². The SMILES string of the molecule is CCCCN(CC1CC(C)(C)CCC1N)C1CC1. The van der Waals surface area contributed by atoms with Crippen LogP contribution in [-0.4, -0.2) is 30.1 Å². The van der Waals surface area contributed by atoms with E-state index in [0.717, 1.165) is 12.0 Å². The van der Waals surface area contributed by atoms with Crippen molar-refractivity contribution in [1.29, 1.82) is 0 Å². The van der Waals surface area contributed by atoms with Gasteiger partial charge in [0.2, 0.25) is 0 Å². The van der Waals surface area contributed by atoms with Crippen molar-refractivity contribution >= 4 is 0 Å². The van der Waals surface area contributed by atoms with Crippen LogP contribution >= 0.6 is 0 Å². The van der Waals surface area contributed by atoms with E-state index in [4.69, 9.17) is 5.73 Å². The van der Waals surface area contributed by atoms with Crippen molar-refractivity contribution in [2.24, 2.45) is 17.1 Å². The Balaban J connectivity index is 1.88. The van der Waals surface area contributed by atoms with Gasteiger partial charge in [-0.15, -0.1) is 0 Å². The van der Waals surface area contributed by atoms with E-state index < -0.39 is 0 Å². The Kier molecular flexibility index (Phi) is 4.71. The van der Waals surface area contributed by atoms with Gasteiger partial charge >= 0.3 is 0 Å². The van der Waals surface area contributed by atoms with Gasteiger partial charge in [0.25, 0.3) is 0 Å². The predicted octanol–water partition coefficient (Wildman–Crippen LogP) is 3.40. The number of rotatable bonds is 6. The molecule has 0 spiro atoms. The second kappa shape index (κ2) is 5.92. The Morgan fingerprint density at radius 2 is 1.94 bits per heavy atom. The quantitative estimate of drug-likeness (QED) is 0.785. The van der Waals surface area contributed by atoms with Crippen molar-refractivity contribution in [1.82, 2.24) is 4.90 Å². The predicted molar refractivity (Wildman–Crippen MR) is 78.6 cm³/mol. The van der Waals surface area contributed by atoms with Crippen LogP contribution < -0.4 is 5.73 Å². The van der Waals surface area contributed by atoms with Crippen LogP contribution in [0.25, 0.3) is 0 Å². The Morgan fingerprint density at radius 1 is 1.22 bits per heavy atom. The summed E-state index contributed by atoms with van der Waals surface area (Å²) < 4.78 is 0. The molecule has 0 aliphatic heterocycles. The Bertz CT molecular complexity index is 258. The lowest BCUT2D eigenvalue weighted by atomic mass is 9.70. The maximum atomic E-state index is 6.37. The molecule has 2 atom stereocenters. The topological polar surface area (TPSA) is 29.3 Å². The van der Waals surface area contributed by atoms with Crippen molar-refractivity contribution in [3.05, 3.63) is 0 Å². The first-order chi connectivity index (χ1) is 8.52. The van der Waals surface area contributed by atoms with Gasteiger partial charge in [0.15, 0.2) is 0 Å². The molecule has 106 valence electrons. The fourth-order valence-electron chi connectivity index (χ4n) is 3.48. The lowest BCUT2D eigenvalue weighted by molar-refractivity contribution is 0.110.